The summed E-state index contributed by atoms with van der Waals surface area (Å²) >= 11 is 0. The van der Waals surface area contributed by atoms with Gasteiger partial charge in [-0.25, -0.2) is 14.9 Å². The zero-order valence-corrected chi connectivity index (χ0v) is 9.56. The molecule has 0 unspecified atom stereocenters. The van der Waals surface area contributed by atoms with Crippen molar-refractivity contribution < 1.29 is 9.59 Å². The summed E-state index contributed by atoms with van der Waals surface area (Å²) < 4.78 is 0. The quantitative estimate of drug-likeness (QED) is 0.538. The van der Waals surface area contributed by atoms with Crippen LogP contribution in [0.4, 0.5) is 5.95 Å². The van der Waals surface area contributed by atoms with E-state index >= 15 is 0 Å². The number of carbonyl (C=O) groups excluding carboxylic acids is 2. The summed E-state index contributed by atoms with van der Waals surface area (Å²) in [5.41, 5.74) is 0. The van der Waals surface area contributed by atoms with Crippen molar-refractivity contribution in [2.45, 2.75) is 6.42 Å². The van der Waals surface area contributed by atoms with Gasteiger partial charge in [0.15, 0.2) is 0 Å². The second-order valence-electron chi connectivity index (χ2n) is 5.06. The minimum Gasteiger partial charge on any atom is -0.274 e. The zero-order valence-electron chi connectivity index (χ0n) is 9.56. The van der Waals surface area contributed by atoms with Crippen molar-refractivity contribution in [2.24, 2.45) is 23.7 Å². The maximum atomic E-state index is 12.4. The van der Waals surface area contributed by atoms with Gasteiger partial charge in [-0.15, -0.1) is 0 Å². The molecule has 18 heavy (non-hydrogen) atoms. The fourth-order valence-corrected chi connectivity index (χ4v) is 3.51. The fourth-order valence-electron chi connectivity index (χ4n) is 3.51. The van der Waals surface area contributed by atoms with Gasteiger partial charge in [0.25, 0.3) is 0 Å². The summed E-state index contributed by atoms with van der Waals surface area (Å²) in [7, 11) is 0. The average molecular weight is 241 g/mol. The highest BCUT2D eigenvalue weighted by atomic mass is 16.2. The van der Waals surface area contributed by atoms with Gasteiger partial charge in [0.05, 0.1) is 11.8 Å². The Bertz CT molecular complexity index is 539. The number of hydrogen-bond acceptors (Lipinski definition) is 4. The SMILES string of the molecule is O=C1[C@@H]2[C@@H](C(=O)N1c1ncccn1)[C@@H]1C=C[C@@H]2C1. The minimum atomic E-state index is -0.184. The topological polar surface area (TPSA) is 63.2 Å². The van der Waals surface area contributed by atoms with Crippen molar-refractivity contribution in [3.63, 3.8) is 0 Å². The molecule has 4 rings (SSSR count). The van der Waals surface area contributed by atoms with Gasteiger partial charge in [0.1, 0.15) is 0 Å². The van der Waals surface area contributed by atoms with E-state index in [0.717, 1.165) is 6.42 Å². The second-order valence-corrected chi connectivity index (χ2v) is 5.06. The van der Waals surface area contributed by atoms with Gasteiger partial charge in [-0.2, -0.15) is 0 Å². The van der Waals surface area contributed by atoms with E-state index < -0.39 is 0 Å². The third-order valence-electron chi connectivity index (χ3n) is 4.22. The first-order valence-corrected chi connectivity index (χ1v) is 6.10. The van der Waals surface area contributed by atoms with Crippen LogP contribution in [0.1, 0.15) is 6.42 Å². The van der Waals surface area contributed by atoms with Gasteiger partial charge in [0, 0.05) is 12.4 Å². The average Bonchev–Trinajstić information content (AvgIpc) is 3.05. The van der Waals surface area contributed by atoms with Gasteiger partial charge in [-0.05, 0) is 24.3 Å². The Balaban J connectivity index is 1.77. The van der Waals surface area contributed by atoms with Crippen LogP contribution in [0.15, 0.2) is 30.6 Å². The normalized spacial score (nSPS) is 36.6. The first-order valence-electron chi connectivity index (χ1n) is 6.10. The molecule has 0 radical (unpaired) electrons. The summed E-state index contributed by atoms with van der Waals surface area (Å²) in [6, 6.07) is 1.67. The molecule has 2 bridgehead atoms. The maximum Gasteiger partial charge on any atom is 0.240 e. The molecule has 1 saturated heterocycles. The number of hydrogen-bond donors (Lipinski definition) is 0. The van der Waals surface area contributed by atoms with Gasteiger partial charge < -0.3 is 0 Å². The van der Waals surface area contributed by atoms with Crippen LogP contribution in [0.2, 0.25) is 0 Å². The molecule has 4 atom stereocenters. The molecule has 2 amide bonds. The molecule has 3 aliphatic rings. The van der Waals surface area contributed by atoms with Crippen molar-refractivity contribution in [3.05, 3.63) is 30.6 Å². The monoisotopic (exact) mass is 241 g/mol. The van der Waals surface area contributed by atoms with Gasteiger partial charge in [-0.3, -0.25) is 9.59 Å². The number of anilines is 1. The van der Waals surface area contributed by atoms with Crippen LogP contribution < -0.4 is 4.90 Å². The Kier molecular flexibility index (Phi) is 1.79. The summed E-state index contributed by atoms with van der Waals surface area (Å²) in [5, 5.41) is 0. The van der Waals surface area contributed by atoms with Crippen LogP contribution >= 0.6 is 0 Å². The number of nitrogens with zero attached hydrogens (tertiary/aromatic N) is 3. The number of amides is 2. The van der Waals surface area contributed by atoms with E-state index in [2.05, 4.69) is 22.1 Å². The number of aromatic nitrogens is 2. The number of imide groups is 1. The lowest BCUT2D eigenvalue weighted by Crippen LogP contribution is -2.34. The summed E-state index contributed by atoms with van der Waals surface area (Å²) in [4.78, 5) is 34.0. The first-order chi connectivity index (χ1) is 8.77. The van der Waals surface area contributed by atoms with E-state index in [-0.39, 0.29) is 41.4 Å². The van der Waals surface area contributed by atoms with Crippen LogP contribution in [0, 0.1) is 23.7 Å². The highest BCUT2D eigenvalue weighted by Crippen LogP contribution is 2.52. The van der Waals surface area contributed by atoms with Crippen molar-refractivity contribution in [1.29, 1.82) is 0 Å². The van der Waals surface area contributed by atoms with E-state index in [0.29, 0.717) is 0 Å². The number of allylic oxidation sites excluding steroid dienone is 2. The molecular formula is C13H11N3O2. The third-order valence-corrected chi connectivity index (χ3v) is 4.22. The highest BCUT2D eigenvalue weighted by Gasteiger charge is 2.60. The molecule has 0 N–H and O–H groups in total. The van der Waals surface area contributed by atoms with E-state index in [9.17, 15) is 9.59 Å². The summed E-state index contributed by atoms with van der Waals surface area (Å²) in [6.45, 7) is 0. The predicted octanol–water partition coefficient (Wildman–Crippen LogP) is 0.788. The molecular weight excluding hydrogens is 230 g/mol. The number of rotatable bonds is 1. The third kappa shape index (κ3) is 1.06. The molecule has 90 valence electrons. The van der Waals surface area contributed by atoms with Crippen molar-refractivity contribution in [2.75, 3.05) is 4.90 Å². The number of fused-ring (bicyclic) bond motifs is 5. The molecule has 1 aliphatic heterocycles. The Hall–Kier alpha value is -2.04. The highest BCUT2D eigenvalue weighted by molar-refractivity contribution is 6.21. The lowest BCUT2D eigenvalue weighted by molar-refractivity contribution is -0.123. The lowest BCUT2D eigenvalue weighted by Gasteiger charge is -2.14. The second kappa shape index (κ2) is 3.25. The number of carbonyl (C=O) groups is 2. The molecule has 1 saturated carbocycles. The molecule has 1 aromatic rings. The zero-order chi connectivity index (χ0) is 12.3. The van der Waals surface area contributed by atoms with Crippen LogP contribution in [0.5, 0.6) is 0 Å². The largest absolute Gasteiger partial charge is 0.274 e. The van der Waals surface area contributed by atoms with Crippen molar-refractivity contribution >= 4 is 17.8 Å². The van der Waals surface area contributed by atoms with Gasteiger partial charge in [0.2, 0.25) is 17.8 Å². The standard InChI is InChI=1S/C13H11N3O2/c17-11-9-7-2-3-8(6-7)10(9)12(18)16(11)13-14-4-1-5-15-13/h1-5,7-10H,6H2/t7-,8-,9+,10+/m1/s1. The Labute approximate surface area is 104 Å². The van der Waals surface area contributed by atoms with E-state index in [1.807, 2.05) is 0 Å². The Morgan fingerprint density at radius 2 is 1.56 bits per heavy atom. The summed E-state index contributed by atoms with van der Waals surface area (Å²) in [5.74, 6) is 0.0327. The van der Waals surface area contributed by atoms with Gasteiger partial charge >= 0.3 is 0 Å². The van der Waals surface area contributed by atoms with Crippen LogP contribution in [-0.4, -0.2) is 21.8 Å². The molecule has 2 heterocycles. The van der Waals surface area contributed by atoms with Crippen LogP contribution in [-0.2, 0) is 9.59 Å². The lowest BCUT2D eigenvalue weighted by atomic mass is 9.85. The summed E-state index contributed by atoms with van der Waals surface area (Å²) in [6.07, 6.45) is 8.18. The van der Waals surface area contributed by atoms with Crippen LogP contribution in [0.3, 0.4) is 0 Å². The minimum absolute atomic E-state index is 0.131. The molecule has 5 heteroatoms. The Morgan fingerprint density at radius 3 is 2.11 bits per heavy atom. The molecule has 5 nitrogen and oxygen atoms in total. The van der Waals surface area contributed by atoms with E-state index in [4.69, 9.17) is 0 Å². The first kappa shape index (κ1) is 9.94. The molecule has 2 fully saturated rings. The van der Waals surface area contributed by atoms with Crippen molar-refractivity contribution in [3.8, 4) is 0 Å². The fraction of sp³-hybridized carbons (Fsp3) is 0.385. The Morgan fingerprint density at radius 1 is 1.00 bits per heavy atom. The van der Waals surface area contributed by atoms with E-state index in [1.54, 1.807) is 18.5 Å². The molecule has 2 aliphatic carbocycles. The molecule has 1 aromatic heterocycles. The molecule has 0 aromatic carbocycles. The predicted molar refractivity (Wildman–Crippen MR) is 62.2 cm³/mol. The van der Waals surface area contributed by atoms with Crippen molar-refractivity contribution in [1.82, 2.24) is 9.97 Å². The van der Waals surface area contributed by atoms with E-state index in [1.165, 1.54) is 4.90 Å². The molecule has 0 spiro atoms. The maximum absolute atomic E-state index is 12.4. The van der Waals surface area contributed by atoms with Gasteiger partial charge in [-0.1, -0.05) is 12.2 Å². The smallest absolute Gasteiger partial charge is 0.240 e. The van der Waals surface area contributed by atoms with Crippen LogP contribution in [0.25, 0.3) is 0 Å².